The Labute approximate surface area is 81.9 Å². The van der Waals surface area contributed by atoms with Crippen molar-refractivity contribution in [1.29, 1.82) is 0 Å². The van der Waals surface area contributed by atoms with Crippen molar-refractivity contribution in [2.24, 2.45) is 5.73 Å². The SMILES string of the molecule is CCC(C)N(CC)CC(N)CCO. The van der Waals surface area contributed by atoms with Crippen molar-refractivity contribution in [3.05, 3.63) is 0 Å². The van der Waals surface area contributed by atoms with Crippen LogP contribution < -0.4 is 5.73 Å². The first-order valence-electron chi connectivity index (χ1n) is 5.26. The Hall–Kier alpha value is -0.120. The molecule has 0 aromatic carbocycles. The van der Waals surface area contributed by atoms with Gasteiger partial charge in [0.15, 0.2) is 0 Å². The van der Waals surface area contributed by atoms with Gasteiger partial charge in [-0.2, -0.15) is 0 Å². The van der Waals surface area contributed by atoms with Gasteiger partial charge in [-0.15, -0.1) is 0 Å². The highest BCUT2D eigenvalue weighted by Crippen LogP contribution is 2.04. The molecule has 80 valence electrons. The Bertz CT molecular complexity index is 119. The van der Waals surface area contributed by atoms with E-state index < -0.39 is 0 Å². The van der Waals surface area contributed by atoms with Crippen LogP contribution in [0.3, 0.4) is 0 Å². The lowest BCUT2D eigenvalue weighted by atomic mass is 10.1. The Morgan fingerprint density at radius 2 is 2.00 bits per heavy atom. The summed E-state index contributed by atoms with van der Waals surface area (Å²) >= 11 is 0. The highest BCUT2D eigenvalue weighted by Gasteiger charge is 2.13. The van der Waals surface area contributed by atoms with Crippen molar-refractivity contribution in [2.45, 2.75) is 45.7 Å². The normalized spacial score (nSPS) is 16.2. The number of nitrogens with two attached hydrogens (primary N) is 1. The molecule has 0 rings (SSSR count). The monoisotopic (exact) mass is 188 g/mol. The molecule has 0 heterocycles. The molecule has 0 aliphatic carbocycles. The molecule has 0 aromatic heterocycles. The van der Waals surface area contributed by atoms with Crippen molar-refractivity contribution < 1.29 is 5.11 Å². The number of likely N-dealkylation sites (N-methyl/N-ethyl adjacent to an activating group) is 1. The van der Waals surface area contributed by atoms with Crippen LogP contribution in [0.25, 0.3) is 0 Å². The second-order valence-corrected chi connectivity index (χ2v) is 3.62. The van der Waals surface area contributed by atoms with E-state index in [0.29, 0.717) is 12.5 Å². The molecule has 0 spiro atoms. The number of rotatable bonds is 7. The van der Waals surface area contributed by atoms with E-state index in [1.54, 1.807) is 0 Å². The van der Waals surface area contributed by atoms with Crippen molar-refractivity contribution in [2.75, 3.05) is 19.7 Å². The number of hydrogen-bond donors (Lipinski definition) is 2. The van der Waals surface area contributed by atoms with Crippen molar-refractivity contribution in [1.82, 2.24) is 4.90 Å². The molecular weight excluding hydrogens is 164 g/mol. The highest BCUT2D eigenvalue weighted by molar-refractivity contribution is 4.71. The van der Waals surface area contributed by atoms with E-state index in [2.05, 4.69) is 25.7 Å². The fraction of sp³-hybridized carbons (Fsp3) is 1.00. The van der Waals surface area contributed by atoms with Crippen LogP contribution in [0.15, 0.2) is 0 Å². The molecule has 3 nitrogen and oxygen atoms in total. The largest absolute Gasteiger partial charge is 0.396 e. The maximum Gasteiger partial charge on any atom is 0.0446 e. The summed E-state index contributed by atoms with van der Waals surface area (Å²) in [5, 5.41) is 8.72. The van der Waals surface area contributed by atoms with Gasteiger partial charge in [-0.1, -0.05) is 13.8 Å². The first-order valence-corrected chi connectivity index (χ1v) is 5.26. The van der Waals surface area contributed by atoms with Gasteiger partial charge in [-0.25, -0.2) is 0 Å². The van der Waals surface area contributed by atoms with Crippen LogP contribution in [0.2, 0.25) is 0 Å². The molecule has 0 aliphatic rings. The van der Waals surface area contributed by atoms with Gasteiger partial charge in [0.05, 0.1) is 0 Å². The number of nitrogens with zero attached hydrogens (tertiary/aromatic N) is 1. The zero-order valence-corrected chi connectivity index (χ0v) is 9.16. The molecule has 0 bridgehead atoms. The predicted molar refractivity (Wildman–Crippen MR) is 56.7 cm³/mol. The Balaban J connectivity index is 3.82. The summed E-state index contributed by atoms with van der Waals surface area (Å²) in [6, 6.07) is 0.702. The van der Waals surface area contributed by atoms with Crippen LogP contribution in [-0.4, -0.2) is 41.8 Å². The number of aliphatic hydroxyl groups excluding tert-OH is 1. The van der Waals surface area contributed by atoms with E-state index in [9.17, 15) is 0 Å². The summed E-state index contributed by atoms with van der Waals surface area (Å²) in [4.78, 5) is 2.36. The Morgan fingerprint density at radius 3 is 2.38 bits per heavy atom. The van der Waals surface area contributed by atoms with E-state index in [-0.39, 0.29) is 12.6 Å². The summed E-state index contributed by atoms with van der Waals surface area (Å²) in [6.07, 6.45) is 1.85. The topological polar surface area (TPSA) is 49.5 Å². The van der Waals surface area contributed by atoms with Gasteiger partial charge in [-0.3, -0.25) is 4.90 Å². The summed E-state index contributed by atoms with van der Waals surface area (Å²) in [7, 11) is 0. The predicted octanol–water partition coefficient (Wildman–Crippen LogP) is 0.817. The van der Waals surface area contributed by atoms with Gasteiger partial charge in [0.25, 0.3) is 0 Å². The van der Waals surface area contributed by atoms with E-state index in [1.165, 1.54) is 0 Å². The van der Waals surface area contributed by atoms with Crippen molar-refractivity contribution in [3.63, 3.8) is 0 Å². The van der Waals surface area contributed by atoms with E-state index in [0.717, 1.165) is 19.5 Å². The summed E-state index contributed by atoms with van der Waals surface area (Å²) < 4.78 is 0. The second-order valence-electron chi connectivity index (χ2n) is 3.62. The van der Waals surface area contributed by atoms with Gasteiger partial charge >= 0.3 is 0 Å². The number of hydrogen-bond acceptors (Lipinski definition) is 3. The molecule has 2 unspecified atom stereocenters. The third-order valence-corrected chi connectivity index (χ3v) is 2.59. The molecule has 0 saturated carbocycles. The number of aliphatic hydroxyl groups is 1. The maximum absolute atomic E-state index is 8.72. The molecule has 0 radical (unpaired) electrons. The van der Waals surface area contributed by atoms with Crippen LogP contribution >= 0.6 is 0 Å². The zero-order valence-electron chi connectivity index (χ0n) is 9.16. The summed E-state index contributed by atoms with van der Waals surface area (Å²) in [5.74, 6) is 0. The Kier molecular flexibility index (Phi) is 7.23. The van der Waals surface area contributed by atoms with Crippen LogP contribution in [0.1, 0.15) is 33.6 Å². The molecule has 0 fully saturated rings. The fourth-order valence-electron chi connectivity index (χ4n) is 1.44. The molecule has 0 aliphatic heterocycles. The minimum absolute atomic E-state index is 0.110. The first kappa shape index (κ1) is 12.9. The lowest BCUT2D eigenvalue weighted by molar-refractivity contribution is 0.186. The van der Waals surface area contributed by atoms with Crippen LogP contribution in [0, 0.1) is 0 Å². The van der Waals surface area contributed by atoms with Gasteiger partial charge in [0, 0.05) is 25.2 Å². The lowest BCUT2D eigenvalue weighted by Gasteiger charge is -2.29. The van der Waals surface area contributed by atoms with Crippen LogP contribution in [0.4, 0.5) is 0 Å². The average molecular weight is 188 g/mol. The van der Waals surface area contributed by atoms with Crippen molar-refractivity contribution in [3.8, 4) is 0 Å². The van der Waals surface area contributed by atoms with Gasteiger partial charge in [0.2, 0.25) is 0 Å². The van der Waals surface area contributed by atoms with Gasteiger partial charge in [0.1, 0.15) is 0 Å². The smallest absolute Gasteiger partial charge is 0.0446 e. The molecule has 0 saturated heterocycles. The summed E-state index contributed by atoms with van der Waals surface area (Å²) in [5.41, 5.74) is 5.85. The quantitative estimate of drug-likeness (QED) is 0.622. The summed E-state index contributed by atoms with van der Waals surface area (Å²) in [6.45, 7) is 8.68. The molecule has 0 aromatic rings. The van der Waals surface area contributed by atoms with Crippen LogP contribution in [0.5, 0.6) is 0 Å². The van der Waals surface area contributed by atoms with E-state index in [4.69, 9.17) is 10.8 Å². The Morgan fingerprint density at radius 1 is 1.38 bits per heavy atom. The maximum atomic E-state index is 8.72. The average Bonchev–Trinajstić information content (AvgIpc) is 2.13. The lowest BCUT2D eigenvalue weighted by Crippen LogP contribution is -2.42. The third-order valence-electron chi connectivity index (χ3n) is 2.59. The molecular formula is C10H24N2O. The standard InChI is InChI=1S/C10H24N2O/c1-4-9(3)12(5-2)8-10(11)6-7-13/h9-10,13H,4-8,11H2,1-3H3. The van der Waals surface area contributed by atoms with Crippen LogP contribution in [-0.2, 0) is 0 Å². The van der Waals surface area contributed by atoms with E-state index in [1.807, 2.05) is 0 Å². The first-order chi connectivity index (χ1) is 6.15. The van der Waals surface area contributed by atoms with Gasteiger partial charge < -0.3 is 10.8 Å². The zero-order chi connectivity index (χ0) is 10.3. The molecule has 3 N–H and O–H groups in total. The highest BCUT2D eigenvalue weighted by atomic mass is 16.3. The third kappa shape index (κ3) is 5.24. The fourth-order valence-corrected chi connectivity index (χ4v) is 1.44. The second kappa shape index (κ2) is 7.30. The minimum Gasteiger partial charge on any atom is -0.396 e. The van der Waals surface area contributed by atoms with E-state index >= 15 is 0 Å². The molecule has 13 heavy (non-hydrogen) atoms. The van der Waals surface area contributed by atoms with Crippen molar-refractivity contribution >= 4 is 0 Å². The molecule has 3 heteroatoms. The van der Waals surface area contributed by atoms with Gasteiger partial charge in [-0.05, 0) is 26.3 Å². The molecule has 0 amide bonds. The molecule has 2 atom stereocenters. The minimum atomic E-state index is 0.110.